The molecular formula is C27H39NO7. The van der Waals surface area contributed by atoms with E-state index in [1.165, 1.54) is 13.8 Å². The van der Waals surface area contributed by atoms with Crippen molar-refractivity contribution in [2.24, 2.45) is 0 Å². The van der Waals surface area contributed by atoms with Crippen LogP contribution in [0.2, 0.25) is 0 Å². The number of hydrogen-bond acceptors (Lipinski definition) is 7. The van der Waals surface area contributed by atoms with Gasteiger partial charge in [0, 0.05) is 26.5 Å². The van der Waals surface area contributed by atoms with Gasteiger partial charge in [-0.25, -0.2) is 0 Å². The molecule has 1 saturated heterocycles. The lowest BCUT2D eigenvalue weighted by molar-refractivity contribution is -0.179. The molecule has 1 heterocycles. The predicted molar refractivity (Wildman–Crippen MR) is 132 cm³/mol. The molecule has 0 aliphatic carbocycles. The standard InChI is InChI=1S/C27H39NO7/c1-18(2)16-25(31)28-15-13-21-8-10-22(11-9-21)32-17-24-27(7,35-24)14-12-23(33-19(3)29)26(5,6)34-20(4)30/h8-11,16,23-24H,12-15,17H2,1-7H3,(H,28,31)/t23-,24-,27-/m0/s1. The molecule has 194 valence electrons. The fourth-order valence-electron chi connectivity index (χ4n) is 3.89. The summed E-state index contributed by atoms with van der Waals surface area (Å²) in [7, 11) is 0. The third-order valence-electron chi connectivity index (χ3n) is 5.89. The number of hydrogen-bond donors (Lipinski definition) is 1. The predicted octanol–water partition coefficient (Wildman–Crippen LogP) is 3.90. The van der Waals surface area contributed by atoms with Crippen molar-refractivity contribution in [1.82, 2.24) is 5.32 Å². The topological polar surface area (TPSA) is 103 Å². The van der Waals surface area contributed by atoms with E-state index in [0.717, 1.165) is 23.3 Å². The largest absolute Gasteiger partial charge is 0.491 e. The monoisotopic (exact) mass is 489 g/mol. The molecule has 0 bridgehead atoms. The van der Waals surface area contributed by atoms with Gasteiger partial charge < -0.3 is 24.3 Å². The van der Waals surface area contributed by atoms with Crippen molar-refractivity contribution in [2.45, 2.75) is 91.1 Å². The zero-order valence-electron chi connectivity index (χ0n) is 21.9. The highest BCUT2D eigenvalue weighted by Gasteiger charge is 2.53. The molecule has 35 heavy (non-hydrogen) atoms. The molecule has 0 saturated carbocycles. The maximum atomic E-state index is 11.7. The van der Waals surface area contributed by atoms with Crippen molar-refractivity contribution < 1.29 is 33.3 Å². The van der Waals surface area contributed by atoms with Crippen molar-refractivity contribution in [3.8, 4) is 5.75 Å². The first-order chi connectivity index (χ1) is 16.3. The maximum absolute atomic E-state index is 11.7. The Morgan fingerprint density at radius 3 is 2.34 bits per heavy atom. The van der Waals surface area contributed by atoms with Gasteiger partial charge in [0.25, 0.3) is 0 Å². The Hall–Kier alpha value is -2.87. The van der Waals surface area contributed by atoms with Gasteiger partial charge in [-0.3, -0.25) is 14.4 Å². The number of carbonyl (C=O) groups is 3. The molecule has 8 heteroatoms. The molecule has 1 aromatic rings. The van der Waals surface area contributed by atoms with E-state index in [1.807, 2.05) is 45.0 Å². The van der Waals surface area contributed by atoms with Gasteiger partial charge in [-0.2, -0.15) is 0 Å². The van der Waals surface area contributed by atoms with Crippen molar-refractivity contribution >= 4 is 17.8 Å². The van der Waals surface area contributed by atoms with Gasteiger partial charge in [0.05, 0.1) is 5.60 Å². The SMILES string of the molecule is CC(=O)O[C@@H](CC[C@]1(C)O[C@H]1COc1ccc(CCNC(=O)C=C(C)C)cc1)C(C)(C)OC(C)=O. The van der Waals surface area contributed by atoms with E-state index in [0.29, 0.717) is 26.0 Å². The number of amides is 1. The van der Waals surface area contributed by atoms with Gasteiger partial charge in [0.15, 0.2) is 0 Å². The van der Waals surface area contributed by atoms with Crippen LogP contribution in [0.1, 0.15) is 66.9 Å². The fourth-order valence-corrected chi connectivity index (χ4v) is 3.89. The van der Waals surface area contributed by atoms with Crippen LogP contribution in [0.4, 0.5) is 0 Å². The van der Waals surface area contributed by atoms with Crippen LogP contribution < -0.4 is 10.1 Å². The number of epoxide rings is 1. The van der Waals surface area contributed by atoms with Gasteiger partial charge in [0.2, 0.25) is 5.91 Å². The number of rotatable bonds is 13. The molecule has 8 nitrogen and oxygen atoms in total. The van der Waals surface area contributed by atoms with Gasteiger partial charge >= 0.3 is 11.9 Å². The highest BCUT2D eigenvalue weighted by Crippen LogP contribution is 2.42. The average molecular weight is 490 g/mol. The van der Waals surface area contributed by atoms with Crippen LogP contribution in [0.25, 0.3) is 0 Å². The molecule has 3 atom stereocenters. The normalized spacial score (nSPS) is 19.8. The Bertz CT molecular complexity index is 918. The van der Waals surface area contributed by atoms with Crippen molar-refractivity contribution in [3.63, 3.8) is 0 Å². The van der Waals surface area contributed by atoms with Crippen LogP contribution in [-0.4, -0.2) is 54.4 Å². The second kappa shape index (κ2) is 12.2. The smallest absolute Gasteiger partial charge is 0.303 e. The number of esters is 2. The van der Waals surface area contributed by atoms with Crippen LogP contribution in [0.5, 0.6) is 5.75 Å². The van der Waals surface area contributed by atoms with Crippen LogP contribution >= 0.6 is 0 Å². The lowest BCUT2D eigenvalue weighted by Crippen LogP contribution is -2.43. The van der Waals surface area contributed by atoms with Crippen molar-refractivity contribution in [2.75, 3.05) is 13.2 Å². The van der Waals surface area contributed by atoms with Crippen LogP contribution in [0.3, 0.4) is 0 Å². The van der Waals surface area contributed by atoms with Crippen molar-refractivity contribution in [3.05, 3.63) is 41.5 Å². The van der Waals surface area contributed by atoms with E-state index in [1.54, 1.807) is 19.9 Å². The van der Waals surface area contributed by atoms with Crippen molar-refractivity contribution in [1.29, 1.82) is 0 Å². The number of nitrogens with one attached hydrogen (secondary N) is 1. The summed E-state index contributed by atoms with van der Waals surface area (Å²) < 4.78 is 22.6. The number of allylic oxidation sites excluding steroid dienone is 1. The van der Waals surface area contributed by atoms with E-state index in [2.05, 4.69) is 5.32 Å². The highest BCUT2D eigenvalue weighted by atomic mass is 16.6. The van der Waals surface area contributed by atoms with Crippen LogP contribution in [-0.2, 0) is 35.0 Å². The van der Waals surface area contributed by atoms with E-state index in [-0.39, 0.29) is 12.0 Å². The lowest BCUT2D eigenvalue weighted by atomic mass is 9.92. The summed E-state index contributed by atoms with van der Waals surface area (Å²) in [5.74, 6) is -0.178. The Kier molecular flexibility index (Phi) is 9.89. The molecule has 0 unspecified atom stereocenters. The molecule has 1 aromatic carbocycles. The zero-order chi connectivity index (χ0) is 26.2. The molecule has 1 fully saturated rings. The first-order valence-corrected chi connectivity index (χ1v) is 12.0. The zero-order valence-corrected chi connectivity index (χ0v) is 21.9. The fraction of sp³-hybridized carbons (Fsp3) is 0.593. The van der Waals surface area contributed by atoms with Crippen LogP contribution in [0.15, 0.2) is 35.9 Å². The Morgan fingerprint density at radius 1 is 1.11 bits per heavy atom. The summed E-state index contributed by atoms with van der Waals surface area (Å²) in [6.07, 6.45) is 2.78. The van der Waals surface area contributed by atoms with E-state index >= 15 is 0 Å². The van der Waals surface area contributed by atoms with Gasteiger partial charge in [0.1, 0.15) is 30.2 Å². The van der Waals surface area contributed by atoms with Gasteiger partial charge in [-0.05, 0) is 71.6 Å². The number of ether oxygens (including phenoxy) is 4. The molecule has 1 amide bonds. The second-order valence-corrected chi connectivity index (χ2v) is 9.97. The molecule has 0 aromatic heterocycles. The molecule has 1 aliphatic rings. The summed E-state index contributed by atoms with van der Waals surface area (Å²) in [6, 6.07) is 7.78. The molecule has 1 N–H and O–H groups in total. The minimum Gasteiger partial charge on any atom is -0.491 e. The maximum Gasteiger partial charge on any atom is 0.303 e. The average Bonchev–Trinajstić information content (AvgIpc) is 3.38. The van der Waals surface area contributed by atoms with E-state index in [9.17, 15) is 14.4 Å². The summed E-state index contributed by atoms with van der Waals surface area (Å²) >= 11 is 0. The number of benzene rings is 1. The summed E-state index contributed by atoms with van der Waals surface area (Å²) in [6.45, 7) is 12.9. The molecular weight excluding hydrogens is 450 g/mol. The third-order valence-corrected chi connectivity index (χ3v) is 5.89. The second-order valence-electron chi connectivity index (χ2n) is 9.97. The molecule has 0 radical (unpaired) electrons. The summed E-state index contributed by atoms with van der Waals surface area (Å²) in [4.78, 5) is 34.7. The van der Waals surface area contributed by atoms with Gasteiger partial charge in [-0.15, -0.1) is 0 Å². The van der Waals surface area contributed by atoms with Gasteiger partial charge in [-0.1, -0.05) is 17.7 Å². The minimum absolute atomic E-state index is 0.0773. The molecule has 0 spiro atoms. The Morgan fingerprint density at radius 2 is 1.77 bits per heavy atom. The molecule has 2 rings (SSSR count). The quantitative estimate of drug-likeness (QED) is 0.255. The van der Waals surface area contributed by atoms with Crippen LogP contribution in [0, 0.1) is 0 Å². The number of carbonyl (C=O) groups excluding carboxylic acids is 3. The molecule has 1 aliphatic heterocycles. The Labute approximate surface area is 208 Å². The third kappa shape index (κ3) is 9.72. The van der Waals surface area contributed by atoms with E-state index in [4.69, 9.17) is 18.9 Å². The summed E-state index contributed by atoms with van der Waals surface area (Å²) in [5.41, 5.74) is 0.739. The first-order valence-electron chi connectivity index (χ1n) is 12.0. The van der Waals surface area contributed by atoms with E-state index < -0.39 is 29.2 Å². The highest BCUT2D eigenvalue weighted by molar-refractivity contribution is 5.88. The Balaban J connectivity index is 1.79. The summed E-state index contributed by atoms with van der Waals surface area (Å²) in [5, 5.41) is 2.87. The minimum atomic E-state index is -0.940. The first kappa shape index (κ1) is 28.4. The lowest BCUT2D eigenvalue weighted by Gasteiger charge is -2.33.